The summed E-state index contributed by atoms with van der Waals surface area (Å²) in [5.41, 5.74) is 1.09. The van der Waals surface area contributed by atoms with Gasteiger partial charge in [-0.05, 0) is 12.0 Å². The summed E-state index contributed by atoms with van der Waals surface area (Å²) < 4.78 is 16.5. The highest BCUT2D eigenvalue weighted by molar-refractivity contribution is 5.69. The van der Waals surface area contributed by atoms with Crippen LogP contribution in [-0.4, -0.2) is 32.4 Å². The molecule has 0 aliphatic carbocycles. The molecule has 0 aliphatic rings. The van der Waals surface area contributed by atoms with Crippen LogP contribution in [0, 0.1) is 0 Å². The Labute approximate surface area is 210 Å². The summed E-state index contributed by atoms with van der Waals surface area (Å²) in [4.78, 5) is 11.7. The molecule has 1 aromatic rings. The summed E-state index contributed by atoms with van der Waals surface area (Å²) in [7, 11) is 1.41. The maximum absolute atomic E-state index is 11.7. The average Bonchev–Trinajstić information content (AvgIpc) is 2.86. The molecule has 0 N–H and O–H groups in total. The first-order chi connectivity index (χ1) is 16.8. The normalized spacial score (nSPS) is 12.1. The minimum atomic E-state index is -0.270. The molecule has 1 rings (SSSR count). The van der Waals surface area contributed by atoms with Gasteiger partial charge in [0, 0.05) is 6.61 Å². The number of benzene rings is 1. The number of methoxy groups -OCH3 is 1. The van der Waals surface area contributed by atoms with Gasteiger partial charge in [0.25, 0.3) is 0 Å². The fourth-order valence-corrected chi connectivity index (χ4v) is 4.19. The fraction of sp³-hybridized carbons (Fsp3) is 0.767. The second-order valence-corrected chi connectivity index (χ2v) is 9.58. The Morgan fingerprint density at radius 1 is 0.735 bits per heavy atom. The fourth-order valence-electron chi connectivity index (χ4n) is 4.19. The van der Waals surface area contributed by atoms with E-state index in [0.29, 0.717) is 13.2 Å². The number of esters is 1. The molecule has 4 nitrogen and oxygen atoms in total. The molecular formula is C30H52O4. The van der Waals surface area contributed by atoms with Gasteiger partial charge in [-0.1, -0.05) is 134 Å². The first-order valence-corrected chi connectivity index (χ1v) is 14.1. The van der Waals surface area contributed by atoms with Crippen LogP contribution in [0.4, 0.5) is 0 Å². The number of carbonyl (C=O) groups excluding carboxylic acids is 1. The number of unbranched alkanes of at least 4 members (excludes halogenated alkanes) is 15. The molecule has 0 saturated carbocycles. The molecule has 0 aliphatic heterocycles. The lowest BCUT2D eigenvalue weighted by Gasteiger charge is -2.17. The summed E-state index contributed by atoms with van der Waals surface area (Å²) in [5.74, 6) is -0.260. The van der Waals surface area contributed by atoms with E-state index in [2.05, 4.69) is 6.92 Å². The molecule has 4 heteroatoms. The molecule has 1 atom stereocenters. The third kappa shape index (κ3) is 19.0. The van der Waals surface area contributed by atoms with E-state index >= 15 is 0 Å². The number of rotatable bonds is 24. The summed E-state index contributed by atoms with van der Waals surface area (Å²) in [6, 6.07) is 10.00. The summed E-state index contributed by atoms with van der Waals surface area (Å²) in [5, 5.41) is 0. The molecule has 196 valence electrons. The molecule has 0 amide bonds. The van der Waals surface area contributed by atoms with Gasteiger partial charge in [0.15, 0.2) is 0 Å². The zero-order chi connectivity index (χ0) is 24.5. The molecule has 0 heterocycles. The van der Waals surface area contributed by atoms with Gasteiger partial charge in [-0.25, -0.2) is 0 Å². The van der Waals surface area contributed by atoms with Gasteiger partial charge in [-0.15, -0.1) is 0 Å². The third-order valence-electron chi connectivity index (χ3n) is 6.40. The molecule has 1 unspecified atom stereocenters. The van der Waals surface area contributed by atoms with Gasteiger partial charge in [0.2, 0.25) is 0 Å². The second kappa shape index (κ2) is 23.4. The van der Waals surface area contributed by atoms with Crippen molar-refractivity contribution in [3.63, 3.8) is 0 Å². The van der Waals surface area contributed by atoms with Crippen LogP contribution in [0.25, 0.3) is 0 Å². The maximum Gasteiger partial charge on any atom is 0.308 e. The third-order valence-corrected chi connectivity index (χ3v) is 6.40. The van der Waals surface area contributed by atoms with Gasteiger partial charge in [0.05, 0.1) is 32.8 Å². The van der Waals surface area contributed by atoms with Gasteiger partial charge >= 0.3 is 5.97 Å². The zero-order valence-corrected chi connectivity index (χ0v) is 22.2. The lowest BCUT2D eigenvalue weighted by Crippen LogP contribution is -2.24. The molecular weight excluding hydrogens is 424 g/mol. The summed E-state index contributed by atoms with van der Waals surface area (Å²) in [6.07, 6.45) is 21.8. The molecule has 0 radical (unpaired) electrons. The molecule has 0 aromatic heterocycles. The predicted octanol–water partition coefficient (Wildman–Crippen LogP) is 8.41. The minimum absolute atomic E-state index is 0.224. The van der Waals surface area contributed by atoms with E-state index in [1.54, 1.807) is 0 Å². The topological polar surface area (TPSA) is 44.8 Å². The predicted molar refractivity (Wildman–Crippen MR) is 142 cm³/mol. The van der Waals surface area contributed by atoms with E-state index in [1.807, 2.05) is 30.3 Å². The van der Waals surface area contributed by atoms with Crippen molar-refractivity contribution in [3.8, 4) is 0 Å². The zero-order valence-electron chi connectivity index (χ0n) is 22.2. The number of carbonyl (C=O) groups is 1. The largest absolute Gasteiger partial charge is 0.469 e. The van der Waals surface area contributed by atoms with E-state index in [4.69, 9.17) is 14.2 Å². The van der Waals surface area contributed by atoms with Crippen molar-refractivity contribution in [2.45, 2.75) is 129 Å². The van der Waals surface area contributed by atoms with Crippen molar-refractivity contribution < 1.29 is 19.0 Å². The van der Waals surface area contributed by atoms with E-state index in [0.717, 1.165) is 18.6 Å². The van der Waals surface area contributed by atoms with E-state index in [9.17, 15) is 4.79 Å². The standard InChI is InChI=1S/C30H52O4/c1-3-4-5-6-7-8-9-10-11-12-13-14-15-16-17-21-24-33-27-29(25-30(31)32-2)34-26-28-22-19-18-20-23-28/h18-20,22-23,29H,3-17,21,24-27H2,1-2H3. The highest BCUT2D eigenvalue weighted by Gasteiger charge is 2.15. The van der Waals surface area contributed by atoms with Crippen LogP contribution in [0.5, 0.6) is 0 Å². The lowest BCUT2D eigenvalue weighted by atomic mass is 10.0. The molecule has 0 fully saturated rings. The Kier molecular flexibility index (Phi) is 21.0. The first kappa shape index (κ1) is 30.6. The Hall–Kier alpha value is -1.39. The average molecular weight is 477 g/mol. The van der Waals surface area contributed by atoms with Crippen LogP contribution in [0.1, 0.15) is 122 Å². The molecule has 34 heavy (non-hydrogen) atoms. The van der Waals surface area contributed by atoms with Crippen molar-refractivity contribution in [2.75, 3.05) is 20.3 Å². The van der Waals surface area contributed by atoms with Crippen LogP contribution in [0.15, 0.2) is 30.3 Å². The Bertz CT molecular complexity index is 560. The monoisotopic (exact) mass is 476 g/mol. The van der Waals surface area contributed by atoms with Gasteiger partial charge in [-0.2, -0.15) is 0 Å². The van der Waals surface area contributed by atoms with Crippen molar-refractivity contribution in [3.05, 3.63) is 35.9 Å². The SMILES string of the molecule is CCCCCCCCCCCCCCCCCCOCC(CC(=O)OC)OCc1ccccc1. The maximum atomic E-state index is 11.7. The first-order valence-electron chi connectivity index (χ1n) is 14.1. The van der Waals surface area contributed by atoms with Gasteiger partial charge in [-0.3, -0.25) is 4.79 Å². The highest BCUT2D eigenvalue weighted by atomic mass is 16.5. The molecule has 0 spiro atoms. The Morgan fingerprint density at radius 2 is 1.24 bits per heavy atom. The van der Waals surface area contributed by atoms with Gasteiger partial charge < -0.3 is 14.2 Å². The Morgan fingerprint density at radius 3 is 1.74 bits per heavy atom. The van der Waals surface area contributed by atoms with E-state index in [1.165, 1.54) is 103 Å². The van der Waals surface area contributed by atoms with Gasteiger partial charge in [0.1, 0.15) is 0 Å². The van der Waals surface area contributed by atoms with E-state index in [-0.39, 0.29) is 18.5 Å². The number of hydrogen-bond acceptors (Lipinski definition) is 4. The van der Waals surface area contributed by atoms with Crippen LogP contribution in [0.3, 0.4) is 0 Å². The minimum Gasteiger partial charge on any atom is -0.469 e. The van der Waals surface area contributed by atoms with Crippen molar-refractivity contribution in [2.24, 2.45) is 0 Å². The molecule has 1 aromatic carbocycles. The van der Waals surface area contributed by atoms with E-state index < -0.39 is 0 Å². The van der Waals surface area contributed by atoms with Crippen LogP contribution >= 0.6 is 0 Å². The summed E-state index contributed by atoms with van der Waals surface area (Å²) in [6.45, 7) is 3.92. The Balaban J connectivity index is 1.92. The lowest BCUT2D eigenvalue weighted by molar-refractivity contribution is -0.145. The van der Waals surface area contributed by atoms with Crippen LogP contribution in [0.2, 0.25) is 0 Å². The number of ether oxygens (including phenoxy) is 3. The second-order valence-electron chi connectivity index (χ2n) is 9.58. The highest BCUT2D eigenvalue weighted by Crippen LogP contribution is 2.14. The summed E-state index contributed by atoms with van der Waals surface area (Å²) >= 11 is 0. The number of hydrogen-bond donors (Lipinski definition) is 0. The van der Waals surface area contributed by atoms with Crippen LogP contribution in [-0.2, 0) is 25.6 Å². The molecule has 0 bridgehead atoms. The van der Waals surface area contributed by atoms with Crippen LogP contribution < -0.4 is 0 Å². The quantitative estimate of drug-likeness (QED) is 0.111. The van der Waals surface area contributed by atoms with Crippen molar-refractivity contribution in [1.82, 2.24) is 0 Å². The smallest absolute Gasteiger partial charge is 0.308 e. The molecule has 0 saturated heterocycles. The van der Waals surface area contributed by atoms with Crippen molar-refractivity contribution in [1.29, 1.82) is 0 Å². The van der Waals surface area contributed by atoms with Crippen molar-refractivity contribution >= 4 is 5.97 Å².